The summed E-state index contributed by atoms with van der Waals surface area (Å²) in [6.45, 7) is 3.95. The molecule has 0 bridgehead atoms. The van der Waals surface area contributed by atoms with Crippen molar-refractivity contribution < 1.29 is 4.74 Å². The molecule has 1 saturated heterocycles. The van der Waals surface area contributed by atoms with E-state index in [2.05, 4.69) is 35.2 Å². The Morgan fingerprint density at radius 3 is 2.95 bits per heavy atom. The maximum Gasteiger partial charge on any atom is 0.0750 e. The molecule has 4 nitrogen and oxygen atoms in total. The zero-order valence-electron chi connectivity index (χ0n) is 11.8. The monoisotopic (exact) mass is 261 g/mol. The van der Waals surface area contributed by atoms with E-state index in [-0.39, 0.29) is 0 Å². The molecule has 2 unspecified atom stereocenters. The third kappa shape index (κ3) is 2.90. The number of rotatable bonds is 5. The highest BCUT2D eigenvalue weighted by atomic mass is 16.5. The molecule has 0 amide bonds. The van der Waals surface area contributed by atoms with Gasteiger partial charge in [-0.15, -0.1) is 0 Å². The lowest BCUT2D eigenvalue weighted by Crippen LogP contribution is -2.37. The van der Waals surface area contributed by atoms with Crippen LogP contribution in [0.2, 0.25) is 0 Å². The van der Waals surface area contributed by atoms with Gasteiger partial charge in [0.05, 0.1) is 12.1 Å². The van der Waals surface area contributed by atoms with E-state index in [1.54, 1.807) is 0 Å². The Labute approximate surface area is 115 Å². The molecule has 2 aliphatic rings. The van der Waals surface area contributed by atoms with Gasteiger partial charge >= 0.3 is 0 Å². The van der Waals surface area contributed by atoms with Crippen molar-refractivity contribution in [1.29, 1.82) is 0 Å². The quantitative estimate of drug-likeness (QED) is 0.879. The van der Waals surface area contributed by atoms with Crippen LogP contribution in [0, 0.1) is 0 Å². The molecule has 1 aliphatic carbocycles. The highest BCUT2D eigenvalue weighted by molar-refractivity contribution is 5.52. The minimum absolute atomic E-state index is 0.308. The molecule has 2 fully saturated rings. The number of likely N-dealkylation sites (N-methyl/N-ethyl adjacent to an activating group) is 1. The van der Waals surface area contributed by atoms with Crippen LogP contribution in [0.4, 0.5) is 5.69 Å². The minimum atomic E-state index is 0.308. The van der Waals surface area contributed by atoms with Crippen molar-refractivity contribution >= 4 is 5.69 Å². The van der Waals surface area contributed by atoms with Crippen molar-refractivity contribution in [2.75, 3.05) is 18.6 Å². The Balaban J connectivity index is 1.74. The SMILES string of the molecule is CC1OCCC1N(C)c1ccncc1CNC1CC1. The molecule has 1 aromatic heterocycles. The predicted octanol–water partition coefficient (Wildman–Crippen LogP) is 1.95. The molecule has 1 saturated carbocycles. The summed E-state index contributed by atoms with van der Waals surface area (Å²) < 4.78 is 5.68. The second-order valence-corrected chi connectivity index (χ2v) is 5.70. The zero-order valence-corrected chi connectivity index (χ0v) is 11.8. The van der Waals surface area contributed by atoms with Crippen LogP contribution >= 0.6 is 0 Å². The van der Waals surface area contributed by atoms with E-state index in [1.165, 1.54) is 24.1 Å². The first-order valence-electron chi connectivity index (χ1n) is 7.26. The van der Waals surface area contributed by atoms with Crippen LogP contribution in [0.25, 0.3) is 0 Å². The molecule has 0 spiro atoms. The maximum absolute atomic E-state index is 5.68. The molecule has 2 heterocycles. The standard InChI is InChI=1S/C15H23N3O/c1-11-14(6-8-19-11)18(2)15-5-7-16-9-12(15)10-17-13-3-4-13/h5,7,9,11,13-14,17H,3-4,6,8,10H2,1-2H3. The number of hydrogen-bond acceptors (Lipinski definition) is 4. The largest absolute Gasteiger partial charge is 0.376 e. The summed E-state index contributed by atoms with van der Waals surface area (Å²) >= 11 is 0. The van der Waals surface area contributed by atoms with Gasteiger partial charge < -0.3 is 15.0 Å². The number of pyridine rings is 1. The molecule has 1 N–H and O–H groups in total. The Kier molecular flexibility index (Phi) is 3.71. The van der Waals surface area contributed by atoms with E-state index in [9.17, 15) is 0 Å². The summed E-state index contributed by atoms with van der Waals surface area (Å²) in [5, 5.41) is 3.57. The van der Waals surface area contributed by atoms with E-state index in [1.807, 2.05) is 12.4 Å². The Hall–Kier alpha value is -1.13. The Morgan fingerprint density at radius 2 is 2.26 bits per heavy atom. The lowest BCUT2D eigenvalue weighted by Gasteiger charge is -2.30. The third-order valence-electron chi connectivity index (χ3n) is 4.25. The molecule has 3 rings (SSSR count). The third-order valence-corrected chi connectivity index (χ3v) is 4.25. The van der Waals surface area contributed by atoms with Crippen molar-refractivity contribution in [3.63, 3.8) is 0 Å². The van der Waals surface area contributed by atoms with Crippen molar-refractivity contribution in [3.05, 3.63) is 24.0 Å². The molecule has 4 heteroatoms. The Bertz CT molecular complexity index is 433. The van der Waals surface area contributed by atoms with E-state index in [0.29, 0.717) is 12.1 Å². The topological polar surface area (TPSA) is 37.4 Å². The first-order chi connectivity index (χ1) is 9.25. The molecule has 1 aliphatic heterocycles. The zero-order chi connectivity index (χ0) is 13.2. The van der Waals surface area contributed by atoms with Crippen LogP contribution in [0.1, 0.15) is 31.7 Å². The average Bonchev–Trinajstić information content (AvgIpc) is 3.17. The van der Waals surface area contributed by atoms with Crippen LogP contribution in [0.5, 0.6) is 0 Å². The van der Waals surface area contributed by atoms with Gasteiger partial charge in [-0.3, -0.25) is 4.98 Å². The number of nitrogens with one attached hydrogen (secondary N) is 1. The van der Waals surface area contributed by atoms with Gasteiger partial charge in [0.25, 0.3) is 0 Å². The van der Waals surface area contributed by atoms with Crippen LogP contribution < -0.4 is 10.2 Å². The lowest BCUT2D eigenvalue weighted by atomic mass is 10.1. The van der Waals surface area contributed by atoms with Crippen LogP contribution in [-0.4, -0.2) is 36.8 Å². The molecule has 104 valence electrons. The number of anilines is 1. The smallest absolute Gasteiger partial charge is 0.0750 e. The number of ether oxygens (including phenoxy) is 1. The van der Waals surface area contributed by atoms with Crippen molar-refractivity contribution in [2.24, 2.45) is 0 Å². The molecule has 2 atom stereocenters. The van der Waals surface area contributed by atoms with Gasteiger partial charge in [0.15, 0.2) is 0 Å². The summed E-state index contributed by atoms with van der Waals surface area (Å²) in [7, 11) is 2.17. The Morgan fingerprint density at radius 1 is 1.42 bits per heavy atom. The second kappa shape index (κ2) is 5.47. The minimum Gasteiger partial charge on any atom is -0.376 e. The van der Waals surface area contributed by atoms with Crippen molar-refractivity contribution in [1.82, 2.24) is 10.3 Å². The van der Waals surface area contributed by atoms with Crippen molar-refractivity contribution in [2.45, 2.75) is 50.9 Å². The number of nitrogens with zero attached hydrogens (tertiary/aromatic N) is 2. The average molecular weight is 261 g/mol. The first-order valence-corrected chi connectivity index (χ1v) is 7.26. The summed E-state index contributed by atoms with van der Waals surface area (Å²) in [5.74, 6) is 0. The second-order valence-electron chi connectivity index (χ2n) is 5.70. The van der Waals surface area contributed by atoms with Gasteiger partial charge in [0, 0.05) is 49.9 Å². The van der Waals surface area contributed by atoms with E-state index in [4.69, 9.17) is 4.74 Å². The first kappa shape index (κ1) is 12.9. The normalized spacial score (nSPS) is 26.6. The summed E-state index contributed by atoms with van der Waals surface area (Å²) in [6.07, 6.45) is 7.92. The fourth-order valence-corrected chi connectivity index (χ4v) is 2.85. The van der Waals surface area contributed by atoms with Gasteiger partial charge in [-0.1, -0.05) is 0 Å². The molecule has 1 aromatic rings. The lowest BCUT2D eigenvalue weighted by molar-refractivity contribution is 0.118. The van der Waals surface area contributed by atoms with Gasteiger partial charge in [0.1, 0.15) is 0 Å². The molecule has 0 radical (unpaired) electrons. The molecule has 0 aromatic carbocycles. The fraction of sp³-hybridized carbons (Fsp3) is 0.667. The van der Waals surface area contributed by atoms with E-state index < -0.39 is 0 Å². The molecular formula is C15H23N3O. The number of aromatic nitrogens is 1. The summed E-state index contributed by atoms with van der Waals surface area (Å²) in [6, 6.07) is 3.32. The predicted molar refractivity (Wildman–Crippen MR) is 76.3 cm³/mol. The fourth-order valence-electron chi connectivity index (χ4n) is 2.85. The summed E-state index contributed by atoms with van der Waals surface area (Å²) in [5.41, 5.74) is 2.57. The molecule has 19 heavy (non-hydrogen) atoms. The highest BCUT2D eigenvalue weighted by Crippen LogP contribution is 2.27. The van der Waals surface area contributed by atoms with Gasteiger partial charge in [0.2, 0.25) is 0 Å². The van der Waals surface area contributed by atoms with Crippen LogP contribution in [-0.2, 0) is 11.3 Å². The summed E-state index contributed by atoms with van der Waals surface area (Å²) in [4.78, 5) is 6.64. The van der Waals surface area contributed by atoms with Crippen LogP contribution in [0.15, 0.2) is 18.5 Å². The van der Waals surface area contributed by atoms with Gasteiger partial charge in [-0.25, -0.2) is 0 Å². The molecular weight excluding hydrogens is 238 g/mol. The maximum atomic E-state index is 5.68. The van der Waals surface area contributed by atoms with Crippen LogP contribution in [0.3, 0.4) is 0 Å². The van der Waals surface area contributed by atoms with E-state index >= 15 is 0 Å². The van der Waals surface area contributed by atoms with Gasteiger partial charge in [-0.05, 0) is 32.3 Å². The van der Waals surface area contributed by atoms with Crippen molar-refractivity contribution in [3.8, 4) is 0 Å². The number of hydrogen-bond donors (Lipinski definition) is 1. The van der Waals surface area contributed by atoms with E-state index in [0.717, 1.165) is 25.6 Å². The van der Waals surface area contributed by atoms with Gasteiger partial charge in [-0.2, -0.15) is 0 Å². The highest BCUT2D eigenvalue weighted by Gasteiger charge is 2.29.